The highest BCUT2D eigenvalue weighted by Crippen LogP contribution is 2.39. The lowest BCUT2D eigenvalue weighted by molar-refractivity contribution is 0.301. The number of pyridine rings is 1. The van der Waals surface area contributed by atoms with Gasteiger partial charge in [0, 0.05) is 19.3 Å². The Balaban J connectivity index is 2.34. The molecule has 0 saturated carbocycles. The van der Waals surface area contributed by atoms with Crippen molar-refractivity contribution in [1.82, 2.24) is 4.98 Å². The number of nitrogens with one attached hydrogen (secondary N) is 1. The number of hydrogen-bond donors (Lipinski definition) is 2. The third-order valence-electron chi connectivity index (χ3n) is 4.65. The third kappa shape index (κ3) is 2.44. The summed E-state index contributed by atoms with van der Waals surface area (Å²) in [7, 11) is 0. The van der Waals surface area contributed by atoms with E-state index >= 15 is 0 Å². The minimum absolute atomic E-state index is 0.117. The van der Waals surface area contributed by atoms with Crippen molar-refractivity contribution in [2.75, 3.05) is 18.0 Å². The Hall–Kier alpha value is -1.58. The predicted molar refractivity (Wildman–Crippen MR) is 79.8 cm³/mol. The molecule has 2 heterocycles. The molecule has 4 heteroatoms. The van der Waals surface area contributed by atoms with Crippen molar-refractivity contribution in [3.8, 4) is 0 Å². The first-order chi connectivity index (χ1) is 9.03. The maximum atomic E-state index is 7.78. The molecule has 0 radical (unpaired) electrons. The van der Waals surface area contributed by atoms with E-state index in [4.69, 9.17) is 11.1 Å². The van der Waals surface area contributed by atoms with Crippen LogP contribution in [0.4, 0.5) is 5.82 Å². The van der Waals surface area contributed by atoms with Gasteiger partial charge in [-0.1, -0.05) is 13.8 Å². The van der Waals surface area contributed by atoms with Gasteiger partial charge >= 0.3 is 0 Å². The Bertz CT molecular complexity index is 477. The molecule has 0 aliphatic carbocycles. The topological polar surface area (TPSA) is 66.0 Å². The number of hydrogen-bond acceptors (Lipinski definition) is 3. The normalized spacial score (nSPS) is 17.7. The summed E-state index contributed by atoms with van der Waals surface area (Å²) in [5.41, 5.74) is 7.96. The summed E-state index contributed by atoms with van der Waals surface area (Å²) >= 11 is 0. The van der Waals surface area contributed by atoms with E-state index in [1.54, 1.807) is 0 Å². The zero-order valence-electron chi connectivity index (χ0n) is 12.2. The number of nitrogen functional groups attached to an aromatic ring is 1. The molecule has 1 aliphatic heterocycles. The van der Waals surface area contributed by atoms with Crippen LogP contribution in [0.2, 0.25) is 0 Å². The van der Waals surface area contributed by atoms with Crippen LogP contribution in [0, 0.1) is 17.7 Å². The Kier molecular flexibility index (Phi) is 3.78. The Morgan fingerprint density at radius 1 is 1.47 bits per heavy atom. The van der Waals surface area contributed by atoms with Crippen LogP contribution in [0.25, 0.3) is 0 Å². The minimum Gasteiger partial charge on any atom is -0.384 e. The van der Waals surface area contributed by atoms with Crippen molar-refractivity contribution >= 4 is 11.7 Å². The lowest BCUT2D eigenvalue weighted by Crippen LogP contribution is -2.29. The van der Waals surface area contributed by atoms with Crippen LogP contribution in [-0.2, 0) is 0 Å². The minimum atomic E-state index is 0.117. The molecule has 3 N–H and O–H groups in total. The molecule has 1 aromatic rings. The van der Waals surface area contributed by atoms with Crippen LogP contribution in [0.5, 0.6) is 0 Å². The smallest absolute Gasteiger partial charge is 0.139 e. The van der Waals surface area contributed by atoms with Gasteiger partial charge in [-0.05, 0) is 43.2 Å². The van der Waals surface area contributed by atoms with Gasteiger partial charge in [-0.15, -0.1) is 0 Å². The van der Waals surface area contributed by atoms with Crippen molar-refractivity contribution < 1.29 is 0 Å². The van der Waals surface area contributed by atoms with E-state index in [0.29, 0.717) is 5.41 Å². The number of amidine groups is 1. The zero-order chi connectivity index (χ0) is 14.0. The largest absolute Gasteiger partial charge is 0.384 e. The summed E-state index contributed by atoms with van der Waals surface area (Å²) in [4.78, 5) is 6.78. The van der Waals surface area contributed by atoms with Crippen LogP contribution < -0.4 is 10.6 Å². The lowest BCUT2D eigenvalue weighted by Gasteiger charge is -2.27. The van der Waals surface area contributed by atoms with Gasteiger partial charge in [-0.2, -0.15) is 0 Å². The van der Waals surface area contributed by atoms with E-state index < -0.39 is 0 Å². The second-order valence-corrected chi connectivity index (χ2v) is 5.62. The van der Waals surface area contributed by atoms with Crippen LogP contribution in [-0.4, -0.2) is 23.9 Å². The fourth-order valence-electron chi connectivity index (χ4n) is 3.06. The summed E-state index contributed by atoms with van der Waals surface area (Å²) < 4.78 is 0. The van der Waals surface area contributed by atoms with Gasteiger partial charge in [0.15, 0.2) is 0 Å². The number of nitrogens with zero attached hydrogens (tertiary/aromatic N) is 2. The number of nitrogens with two attached hydrogens (primary N) is 1. The van der Waals surface area contributed by atoms with E-state index in [1.807, 2.05) is 19.2 Å². The molecule has 104 valence electrons. The van der Waals surface area contributed by atoms with E-state index in [0.717, 1.165) is 30.0 Å². The molecule has 1 aliphatic rings. The van der Waals surface area contributed by atoms with Gasteiger partial charge in [-0.25, -0.2) is 4.98 Å². The molecule has 0 atom stereocenters. The second kappa shape index (κ2) is 5.19. The summed E-state index contributed by atoms with van der Waals surface area (Å²) in [5.74, 6) is 1.00. The molecule has 0 amide bonds. The molecule has 2 rings (SSSR count). The van der Waals surface area contributed by atoms with Crippen molar-refractivity contribution in [3.63, 3.8) is 0 Å². The Morgan fingerprint density at radius 3 is 2.68 bits per heavy atom. The lowest BCUT2D eigenvalue weighted by atomic mass is 9.82. The number of aromatic nitrogens is 1. The van der Waals surface area contributed by atoms with Gasteiger partial charge in [0.1, 0.15) is 11.7 Å². The average Bonchev–Trinajstić information content (AvgIpc) is 2.83. The summed E-state index contributed by atoms with van der Waals surface area (Å²) in [6, 6.07) is 1.92. The van der Waals surface area contributed by atoms with E-state index in [2.05, 4.69) is 23.7 Å². The third-order valence-corrected chi connectivity index (χ3v) is 4.65. The van der Waals surface area contributed by atoms with Gasteiger partial charge in [-0.3, -0.25) is 5.41 Å². The fraction of sp³-hybridized carbons (Fsp3) is 0.600. The van der Waals surface area contributed by atoms with Crippen molar-refractivity contribution in [2.45, 2.75) is 40.0 Å². The van der Waals surface area contributed by atoms with Gasteiger partial charge in [0.05, 0.1) is 5.56 Å². The fourth-order valence-corrected chi connectivity index (χ4v) is 3.06. The highest BCUT2D eigenvalue weighted by atomic mass is 15.2. The van der Waals surface area contributed by atoms with Gasteiger partial charge in [0.25, 0.3) is 0 Å². The van der Waals surface area contributed by atoms with Crippen LogP contribution in [0.3, 0.4) is 0 Å². The van der Waals surface area contributed by atoms with Crippen LogP contribution in [0.15, 0.2) is 12.3 Å². The molecule has 1 aromatic heterocycles. The molecular weight excluding hydrogens is 236 g/mol. The molecule has 19 heavy (non-hydrogen) atoms. The molecule has 0 aromatic carbocycles. The zero-order valence-corrected chi connectivity index (χ0v) is 12.2. The predicted octanol–water partition coefficient (Wildman–Crippen LogP) is 2.69. The maximum Gasteiger partial charge on any atom is 0.139 e. The Morgan fingerprint density at radius 2 is 2.16 bits per heavy atom. The molecule has 0 spiro atoms. The highest BCUT2D eigenvalue weighted by Gasteiger charge is 2.36. The molecule has 1 fully saturated rings. The van der Waals surface area contributed by atoms with Crippen molar-refractivity contribution in [1.29, 1.82) is 5.41 Å². The maximum absolute atomic E-state index is 7.78. The van der Waals surface area contributed by atoms with Crippen molar-refractivity contribution in [3.05, 3.63) is 23.4 Å². The Labute approximate surface area is 115 Å². The van der Waals surface area contributed by atoms with E-state index in [1.165, 1.54) is 19.3 Å². The second-order valence-electron chi connectivity index (χ2n) is 5.62. The first-order valence-electron chi connectivity index (χ1n) is 7.08. The molecule has 0 unspecified atom stereocenters. The summed E-state index contributed by atoms with van der Waals surface area (Å²) in [6.45, 7) is 8.56. The molecule has 0 bridgehead atoms. The van der Waals surface area contributed by atoms with E-state index in [9.17, 15) is 0 Å². The highest BCUT2D eigenvalue weighted by molar-refractivity contribution is 6.01. The molecule has 1 saturated heterocycles. The quantitative estimate of drug-likeness (QED) is 0.646. The first kappa shape index (κ1) is 13.8. The van der Waals surface area contributed by atoms with Gasteiger partial charge in [0.2, 0.25) is 0 Å². The monoisotopic (exact) mass is 260 g/mol. The average molecular weight is 260 g/mol. The summed E-state index contributed by atoms with van der Waals surface area (Å²) in [6.07, 6.45) is 5.41. The SMILES string of the molecule is CCC1(CC)CCN(c2nccc(C)c2C(=N)N)C1. The molecular formula is C15H24N4. The van der Waals surface area contributed by atoms with E-state index in [-0.39, 0.29) is 5.84 Å². The van der Waals surface area contributed by atoms with Crippen molar-refractivity contribution in [2.24, 2.45) is 11.1 Å². The van der Waals surface area contributed by atoms with Crippen LogP contribution >= 0.6 is 0 Å². The number of rotatable bonds is 4. The summed E-state index contributed by atoms with van der Waals surface area (Å²) in [5, 5.41) is 7.78. The van der Waals surface area contributed by atoms with Crippen LogP contribution in [0.1, 0.15) is 44.2 Å². The standard InChI is InChI=1S/C15H24N4/c1-4-15(5-2)7-9-19(10-15)14-12(13(16)17)11(3)6-8-18-14/h6,8H,4-5,7,9-10H2,1-3H3,(H3,16,17). The first-order valence-corrected chi connectivity index (χ1v) is 7.08. The van der Waals surface area contributed by atoms with Gasteiger partial charge < -0.3 is 10.6 Å². The number of aryl methyl sites for hydroxylation is 1. The molecule has 4 nitrogen and oxygen atoms in total. The number of anilines is 1.